The lowest BCUT2D eigenvalue weighted by Gasteiger charge is -2.49. The zero-order chi connectivity index (χ0) is 16.0. The molecule has 0 radical (unpaired) electrons. The Morgan fingerprint density at radius 3 is 2.29 bits per heavy atom. The smallest absolute Gasteiger partial charge is 0.168 e. The molecule has 114 valence electrons. The summed E-state index contributed by atoms with van der Waals surface area (Å²) in [6.45, 7) is 15.5. The van der Waals surface area contributed by atoms with Crippen molar-refractivity contribution in [2.75, 3.05) is 4.57 Å². The Labute approximate surface area is 133 Å². The van der Waals surface area contributed by atoms with Crippen molar-refractivity contribution in [3.8, 4) is 0 Å². The summed E-state index contributed by atoms with van der Waals surface area (Å²) in [4.78, 5) is 14.1. The van der Waals surface area contributed by atoms with E-state index in [2.05, 4.69) is 63.6 Å². The molecule has 21 heavy (non-hydrogen) atoms. The molecule has 2 nitrogen and oxygen atoms in total. The number of ketones is 1. The third kappa shape index (κ3) is 2.71. The van der Waals surface area contributed by atoms with Crippen LogP contribution in [0.5, 0.6) is 0 Å². The lowest BCUT2D eigenvalue weighted by molar-refractivity contribution is -0.113. The Bertz CT molecular complexity index is 613. The van der Waals surface area contributed by atoms with Gasteiger partial charge in [-0.2, -0.15) is 0 Å². The topological polar surface area (TPSA) is 20.3 Å². The summed E-state index contributed by atoms with van der Waals surface area (Å²) < 4.78 is 2.48. The van der Waals surface area contributed by atoms with Gasteiger partial charge in [-0.15, -0.1) is 0 Å². The summed E-state index contributed by atoms with van der Waals surface area (Å²) in [7, 11) is -1.80. The molecule has 0 aromatic heterocycles. The average molecular weight is 320 g/mol. The minimum atomic E-state index is -1.80. The Morgan fingerprint density at radius 2 is 1.76 bits per heavy atom. The highest BCUT2D eigenvalue weighted by Crippen LogP contribution is 2.50. The van der Waals surface area contributed by atoms with E-state index in [1.165, 1.54) is 10.6 Å². The third-order valence-electron chi connectivity index (χ3n) is 4.70. The first-order chi connectivity index (χ1) is 9.57. The number of Topliss-reactive ketones (excluding diaryl/α,β-unsaturated/α-hetero) is 1. The Hall–Kier alpha value is -1.00. The SMILES string of the molecule is CC(=O)C1=C(C)N([Si](C)(C)C(C)(C)C)c2ccccc2S1. The van der Waals surface area contributed by atoms with E-state index in [4.69, 9.17) is 0 Å². The van der Waals surface area contributed by atoms with Gasteiger partial charge < -0.3 is 4.57 Å². The van der Waals surface area contributed by atoms with Gasteiger partial charge in [-0.3, -0.25) is 4.79 Å². The Morgan fingerprint density at radius 1 is 1.19 bits per heavy atom. The fourth-order valence-electron chi connectivity index (χ4n) is 2.58. The quantitative estimate of drug-likeness (QED) is 0.678. The highest BCUT2D eigenvalue weighted by molar-refractivity contribution is 8.04. The Balaban J connectivity index is 2.69. The molecule has 0 saturated heterocycles. The van der Waals surface area contributed by atoms with Gasteiger partial charge >= 0.3 is 0 Å². The molecule has 1 aromatic rings. The minimum Gasteiger partial charge on any atom is -0.370 e. The number of nitrogens with zero attached hydrogens (tertiary/aromatic N) is 1. The molecular weight excluding hydrogens is 294 g/mol. The molecule has 0 saturated carbocycles. The van der Waals surface area contributed by atoms with E-state index >= 15 is 0 Å². The first-order valence-corrected chi connectivity index (χ1v) is 11.1. The molecule has 0 N–H and O–H groups in total. The van der Waals surface area contributed by atoms with Gasteiger partial charge in [0.05, 0.1) is 4.91 Å². The molecule has 4 heteroatoms. The minimum absolute atomic E-state index is 0.163. The van der Waals surface area contributed by atoms with E-state index in [1.807, 2.05) is 6.07 Å². The van der Waals surface area contributed by atoms with Crippen LogP contribution in [0, 0.1) is 0 Å². The second kappa shape index (κ2) is 5.32. The van der Waals surface area contributed by atoms with Gasteiger partial charge in [0.25, 0.3) is 0 Å². The van der Waals surface area contributed by atoms with Crippen LogP contribution in [0.25, 0.3) is 0 Å². The fourth-order valence-corrected chi connectivity index (χ4v) is 6.17. The molecule has 0 atom stereocenters. The number of anilines is 1. The maximum atomic E-state index is 12.1. The summed E-state index contributed by atoms with van der Waals surface area (Å²) in [6, 6.07) is 8.44. The van der Waals surface area contributed by atoms with Crippen molar-refractivity contribution in [2.24, 2.45) is 0 Å². The number of allylic oxidation sites excluding steroid dienone is 2. The monoisotopic (exact) mass is 319 g/mol. The number of carbonyl (C=O) groups excluding carboxylic acids is 1. The summed E-state index contributed by atoms with van der Waals surface area (Å²) in [5.74, 6) is 0.163. The number of thioether (sulfide) groups is 1. The van der Waals surface area contributed by atoms with Crippen LogP contribution in [-0.4, -0.2) is 14.0 Å². The van der Waals surface area contributed by atoms with Crippen LogP contribution in [-0.2, 0) is 4.79 Å². The van der Waals surface area contributed by atoms with Crippen LogP contribution in [0.15, 0.2) is 39.8 Å². The number of carbonyl (C=O) groups is 1. The largest absolute Gasteiger partial charge is 0.370 e. The van der Waals surface area contributed by atoms with Crippen LogP contribution in [0.2, 0.25) is 18.1 Å². The summed E-state index contributed by atoms with van der Waals surface area (Å²) in [5, 5.41) is 0.214. The molecule has 1 aromatic carbocycles. The lowest BCUT2D eigenvalue weighted by atomic mass is 10.2. The van der Waals surface area contributed by atoms with E-state index in [0.29, 0.717) is 0 Å². The van der Waals surface area contributed by atoms with Crippen LogP contribution >= 0.6 is 11.8 Å². The molecule has 1 heterocycles. The van der Waals surface area contributed by atoms with Gasteiger partial charge in [0, 0.05) is 16.3 Å². The van der Waals surface area contributed by atoms with Gasteiger partial charge in [-0.25, -0.2) is 0 Å². The van der Waals surface area contributed by atoms with E-state index in [1.54, 1.807) is 18.7 Å². The van der Waals surface area contributed by atoms with Crippen molar-refractivity contribution in [1.82, 2.24) is 0 Å². The number of hydrogen-bond acceptors (Lipinski definition) is 3. The molecule has 1 aliphatic heterocycles. The van der Waals surface area contributed by atoms with Gasteiger partial charge in [-0.1, -0.05) is 57.8 Å². The normalized spacial score (nSPS) is 16.0. The summed E-state index contributed by atoms with van der Waals surface area (Å²) in [6.07, 6.45) is 0. The van der Waals surface area contributed by atoms with Crippen molar-refractivity contribution >= 4 is 31.5 Å². The lowest BCUT2D eigenvalue weighted by Crippen LogP contribution is -2.55. The standard InChI is InChI=1S/C17H25NOSSi/c1-12-16(13(2)19)20-15-11-9-8-10-14(15)18(12)21(6,7)17(3,4)5/h8-11H,1-7H3. The zero-order valence-electron chi connectivity index (χ0n) is 14.1. The number of benzene rings is 1. The molecule has 0 fully saturated rings. The van der Waals surface area contributed by atoms with Crippen LogP contribution < -0.4 is 4.57 Å². The van der Waals surface area contributed by atoms with Crippen LogP contribution in [0.4, 0.5) is 5.69 Å². The third-order valence-corrected chi connectivity index (χ3v) is 11.4. The molecule has 0 unspecified atom stereocenters. The van der Waals surface area contributed by atoms with E-state index in [9.17, 15) is 4.79 Å². The van der Waals surface area contributed by atoms with Gasteiger partial charge in [0.1, 0.15) is 0 Å². The molecule has 0 bridgehead atoms. The van der Waals surface area contributed by atoms with Crippen molar-refractivity contribution in [1.29, 1.82) is 0 Å². The van der Waals surface area contributed by atoms with Gasteiger partial charge in [-0.05, 0) is 31.0 Å². The van der Waals surface area contributed by atoms with Gasteiger partial charge in [0.15, 0.2) is 14.0 Å². The second-order valence-corrected chi connectivity index (χ2v) is 13.3. The number of rotatable bonds is 2. The first kappa shape index (κ1) is 16.4. The molecule has 0 amide bonds. The van der Waals surface area contributed by atoms with Crippen LogP contribution in [0.3, 0.4) is 0 Å². The van der Waals surface area contributed by atoms with Crippen molar-refractivity contribution < 1.29 is 4.79 Å². The summed E-state index contributed by atoms with van der Waals surface area (Å²) in [5.41, 5.74) is 2.38. The summed E-state index contributed by atoms with van der Waals surface area (Å²) >= 11 is 1.61. The predicted octanol–water partition coefficient (Wildman–Crippen LogP) is 5.42. The highest BCUT2D eigenvalue weighted by Gasteiger charge is 2.44. The van der Waals surface area contributed by atoms with Crippen LogP contribution in [0.1, 0.15) is 34.6 Å². The first-order valence-electron chi connectivity index (χ1n) is 7.36. The van der Waals surface area contributed by atoms with E-state index in [0.717, 1.165) is 10.6 Å². The molecule has 1 aliphatic rings. The van der Waals surface area contributed by atoms with Crippen molar-refractivity contribution in [3.05, 3.63) is 34.9 Å². The maximum Gasteiger partial charge on any atom is 0.168 e. The van der Waals surface area contributed by atoms with E-state index in [-0.39, 0.29) is 10.8 Å². The molecule has 2 rings (SSSR count). The zero-order valence-corrected chi connectivity index (χ0v) is 15.9. The molecule has 0 spiro atoms. The number of para-hydroxylation sites is 1. The van der Waals surface area contributed by atoms with Crippen molar-refractivity contribution in [3.63, 3.8) is 0 Å². The number of hydrogen-bond donors (Lipinski definition) is 0. The predicted molar refractivity (Wildman–Crippen MR) is 95.4 cm³/mol. The Kier molecular flexibility index (Phi) is 4.15. The van der Waals surface area contributed by atoms with E-state index < -0.39 is 8.24 Å². The highest BCUT2D eigenvalue weighted by atomic mass is 32.2. The maximum absolute atomic E-state index is 12.1. The van der Waals surface area contributed by atoms with Gasteiger partial charge in [0.2, 0.25) is 0 Å². The molecular formula is C17H25NOSSi. The number of fused-ring (bicyclic) bond motifs is 1. The second-order valence-electron chi connectivity index (χ2n) is 7.18. The van der Waals surface area contributed by atoms with Crippen molar-refractivity contribution in [2.45, 2.75) is 57.6 Å². The fraction of sp³-hybridized carbons (Fsp3) is 0.471. The average Bonchev–Trinajstić information content (AvgIpc) is 2.35. The molecule has 0 aliphatic carbocycles.